The molecule has 204 valence electrons. The van der Waals surface area contributed by atoms with Crippen LogP contribution in [0.3, 0.4) is 0 Å². The normalized spacial score (nSPS) is 13.8. The third-order valence-corrected chi connectivity index (χ3v) is 7.13. The number of morpholine rings is 1. The van der Waals surface area contributed by atoms with Crippen molar-refractivity contribution in [3.63, 3.8) is 0 Å². The Labute approximate surface area is 228 Å². The first-order valence-corrected chi connectivity index (χ1v) is 13.3. The van der Waals surface area contributed by atoms with Crippen molar-refractivity contribution < 1.29 is 19.4 Å². The van der Waals surface area contributed by atoms with E-state index < -0.39 is 5.97 Å². The lowest BCUT2D eigenvalue weighted by atomic mass is 9.97. The van der Waals surface area contributed by atoms with E-state index in [2.05, 4.69) is 40.8 Å². The van der Waals surface area contributed by atoms with Crippen LogP contribution in [0.5, 0.6) is 0 Å². The zero-order chi connectivity index (χ0) is 27.5. The summed E-state index contributed by atoms with van der Waals surface area (Å²) >= 11 is 0. The van der Waals surface area contributed by atoms with Gasteiger partial charge in [0.1, 0.15) is 0 Å². The molecule has 0 bridgehead atoms. The van der Waals surface area contributed by atoms with Crippen molar-refractivity contribution in [2.75, 3.05) is 63.4 Å². The maximum atomic E-state index is 12.2. The van der Waals surface area contributed by atoms with Crippen LogP contribution in [0.25, 0.3) is 27.8 Å². The Morgan fingerprint density at radius 3 is 2.49 bits per heavy atom. The first kappa shape index (κ1) is 26.6. The topological polar surface area (TPSA) is 92.9 Å². The number of carbonyl (C=O) groups is 1. The number of carboxylic acids is 1. The fourth-order valence-electron chi connectivity index (χ4n) is 4.96. The van der Waals surface area contributed by atoms with E-state index >= 15 is 0 Å². The minimum atomic E-state index is -1.07. The van der Waals surface area contributed by atoms with E-state index in [4.69, 9.17) is 14.6 Å². The zero-order valence-electron chi connectivity index (χ0n) is 22.9. The van der Waals surface area contributed by atoms with E-state index in [-0.39, 0.29) is 11.6 Å². The van der Waals surface area contributed by atoms with E-state index in [9.17, 15) is 9.90 Å². The van der Waals surface area contributed by atoms with Crippen LogP contribution in [0.4, 0.5) is 11.4 Å². The molecule has 1 saturated heterocycles. The minimum Gasteiger partial charge on any atom is -0.477 e. The smallest absolute Gasteiger partial charge is 0.354 e. The molecule has 4 aromatic rings. The lowest BCUT2D eigenvalue weighted by Gasteiger charge is -2.29. The van der Waals surface area contributed by atoms with Gasteiger partial charge in [0.05, 0.1) is 36.6 Å². The minimum absolute atomic E-state index is 0.0143. The molecule has 0 radical (unpaired) electrons. The molecule has 0 saturated carbocycles. The van der Waals surface area contributed by atoms with E-state index in [1.807, 2.05) is 43.4 Å². The van der Waals surface area contributed by atoms with Gasteiger partial charge in [0.15, 0.2) is 11.3 Å². The SMILES string of the molecule is COCCN(C)c1ccc(-c2cc(C(=O)O)nc3c2c(C(C)C)nn3-c2cccc(N3CCOCC3)c2)cc1. The average Bonchev–Trinajstić information content (AvgIpc) is 3.36. The number of anilines is 2. The highest BCUT2D eigenvalue weighted by atomic mass is 16.5. The van der Waals surface area contributed by atoms with Crippen molar-refractivity contribution in [3.05, 3.63) is 66.0 Å². The molecule has 3 heterocycles. The van der Waals surface area contributed by atoms with E-state index in [1.165, 1.54) is 0 Å². The number of hydrogen-bond acceptors (Lipinski definition) is 7. The molecule has 5 rings (SSSR count). The highest BCUT2D eigenvalue weighted by Crippen LogP contribution is 2.36. The molecule has 1 N–H and O–H groups in total. The van der Waals surface area contributed by atoms with E-state index in [0.29, 0.717) is 25.5 Å². The van der Waals surface area contributed by atoms with E-state index in [0.717, 1.165) is 58.9 Å². The number of likely N-dealkylation sites (N-methyl/N-ethyl adjacent to an activating group) is 1. The van der Waals surface area contributed by atoms with Crippen molar-refractivity contribution in [1.82, 2.24) is 14.8 Å². The number of benzene rings is 2. The Kier molecular flexibility index (Phi) is 7.81. The molecule has 0 amide bonds. The molecule has 0 unspecified atom stereocenters. The molecule has 2 aromatic heterocycles. The lowest BCUT2D eigenvalue weighted by Crippen LogP contribution is -2.36. The number of ether oxygens (including phenoxy) is 2. The zero-order valence-corrected chi connectivity index (χ0v) is 22.9. The first-order valence-electron chi connectivity index (χ1n) is 13.3. The van der Waals surface area contributed by atoms with Crippen LogP contribution >= 0.6 is 0 Å². The highest BCUT2D eigenvalue weighted by Gasteiger charge is 2.23. The summed E-state index contributed by atoms with van der Waals surface area (Å²) in [6.07, 6.45) is 0. The van der Waals surface area contributed by atoms with Gasteiger partial charge >= 0.3 is 5.97 Å². The van der Waals surface area contributed by atoms with Crippen molar-refractivity contribution in [2.24, 2.45) is 0 Å². The van der Waals surface area contributed by atoms with Gasteiger partial charge in [-0.15, -0.1) is 0 Å². The number of pyridine rings is 1. The van der Waals surface area contributed by atoms with Gasteiger partial charge in [-0.2, -0.15) is 5.10 Å². The van der Waals surface area contributed by atoms with Gasteiger partial charge in [-0.1, -0.05) is 32.0 Å². The summed E-state index contributed by atoms with van der Waals surface area (Å²) in [5.74, 6) is -0.971. The molecule has 0 spiro atoms. The summed E-state index contributed by atoms with van der Waals surface area (Å²) in [5.41, 5.74) is 6.09. The molecule has 1 aliphatic heterocycles. The standard InChI is InChI=1S/C30H35N5O4/c1-20(2)28-27-25(21-8-10-22(11-9-21)33(3)12-15-38-4)19-26(30(36)37)31-29(27)35(32-28)24-7-5-6-23(18-24)34-13-16-39-17-14-34/h5-11,18-20H,12-17H2,1-4H3,(H,36,37). The highest BCUT2D eigenvalue weighted by molar-refractivity contribution is 6.00. The van der Waals surface area contributed by atoms with Crippen molar-refractivity contribution >= 4 is 28.4 Å². The van der Waals surface area contributed by atoms with Gasteiger partial charge in [-0.3, -0.25) is 0 Å². The van der Waals surface area contributed by atoms with Gasteiger partial charge < -0.3 is 24.4 Å². The molecule has 1 fully saturated rings. The van der Waals surface area contributed by atoms with Crippen LogP contribution < -0.4 is 9.80 Å². The molecule has 39 heavy (non-hydrogen) atoms. The molecular weight excluding hydrogens is 494 g/mol. The summed E-state index contributed by atoms with van der Waals surface area (Å²) in [6.45, 7) is 8.63. The van der Waals surface area contributed by atoms with Crippen LogP contribution in [0, 0.1) is 0 Å². The van der Waals surface area contributed by atoms with Crippen molar-refractivity contribution in [2.45, 2.75) is 19.8 Å². The maximum Gasteiger partial charge on any atom is 0.354 e. The summed E-state index contributed by atoms with van der Waals surface area (Å²) in [4.78, 5) is 21.2. The second kappa shape index (κ2) is 11.4. The third kappa shape index (κ3) is 5.46. The molecular formula is C30H35N5O4. The van der Waals surface area contributed by atoms with Crippen LogP contribution in [0.2, 0.25) is 0 Å². The summed E-state index contributed by atoms with van der Waals surface area (Å²) in [5, 5.41) is 15.9. The number of aromatic nitrogens is 3. The van der Waals surface area contributed by atoms with Crippen LogP contribution in [0.1, 0.15) is 35.9 Å². The number of methoxy groups -OCH3 is 1. The Morgan fingerprint density at radius 2 is 1.82 bits per heavy atom. The van der Waals surface area contributed by atoms with Crippen LogP contribution in [-0.4, -0.2) is 79.5 Å². The lowest BCUT2D eigenvalue weighted by molar-refractivity contribution is 0.0691. The monoisotopic (exact) mass is 529 g/mol. The fourth-order valence-corrected chi connectivity index (χ4v) is 4.96. The number of nitrogens with zero attached hydrogens (tertiary/aromatic N) is 5. The number of hydrogen-bond donors (Lipinski definition) is 1. The van der Waals surface area contributed by atoms with Crippen molar-refractivity contribution in [3.8, 4) is 16.8 Å². The van der Waals surface area contributed by atoms with Gasteiger partial charge in [-0.25, -0.2) is 14.5 Å². The second-order valence-electron chi connectivity index (χ2n) is 10.1. The average molecular weight is 530 g/mol. The number of rotatable bonds is 9. The Morgan fingerprint density at radius 1 is 1.10 bits per heavy atom. The molecule has 0 atom stereocenters. The van der Waals surface area contributed by atoms with Crippen LogP contribution in [-0.2, 0) is 9.47 Å². The van der Waals surface area contributed by atoms with E-state index in [1.54, 1.807) is 17.9 Å². The Bertz CT molecular complexity index is 1460. The predicted molar refractivity (Wildman–Crippen MR) is 154 cm³/mol. The second-order valence-corrected chi connectivity index (χ2v) is 10.1. The van der Waals surface area contributed by atoms with Gasteiger partial charge in [-0.05, 0) is 53.4 Å². The molecule has 9 heteroatoms. The van der Waals surface area contributed by atoms with Gasteiger partial charge in [0, 0.05) is 45.2 Å². The number of fused-ring (bicyclic) bond motifs is 1. The molecule has 9 nitrogen and oxygen atoms in total. The fraction of sp³-hybridized carbons (Fsp3) is 0.367. The summed E-state index contributed by atoms with van der Waals surface area (Å²) < 4.78 is 12.5. The summed E-state index contributed by atoms with van der Waals surface area (Å²) in [6, 6.07) is 18.0. The largest absolute Gasteiger partial charge is 0.477 e. The van der Waals surface area contributed by atoms with Crippen molar-refractivity contribution in [1.29, 1.82) is 0 Å². The number of aromatic carboxylic acids is 1. The molecule has 1 aliphatic rings. The first-order chi connectivity index (χ1) is 18.9. The molecule has 2 aromatic carbocycles. The third-order valence-electron chi connectivity index (χ3n) is 7.13. The number of carboxylic acid groups (broad SMARTS) is 1. The van der Waals surface area contributed by atoms with Crippen LogP contribution in [0.15, 0.2) is 54.6 Å². The quantitative estimate of drug-likeness (QED) is 0.330. The van der Waals surface area contributed by atoms with Gasteiger partial charge in [0.25, 0.3) is 0 Å². The molecule has 0 aliphatic carbocycles. The Hall–Kier alpha value is -3.95. The predicted octanol–water partition coefficient (Wildman–Crippen LogP) is 4.83. The Balaban J connectivity index is 1.65. The summed E-state index contributed by atoms with van der Waals surface area (Å²) in [7, 11) is 3.71. The maximum absolute atomic E-state index is 12.2. The van der Waals surface area contributed by atoms with Gasteiger partial charge in [0.2, 0.25) is 0 Å².